The number of carbonyl (C=O) groups excluding carboxylic acids is 1. The summed E-state index contributed by atoms with van der Waals surface area (Å²) in [5, 5.41) is 2.68. The highest BCUT2D eigenvalue weighted by atomic mass is 19.4. The van der Waals surface area contributed by atoms with Gasteiger partial charge in [-0.15, -0.1) is 13.2 Å². The fourth-order valence-corrected chi connectivity index (χ4v) is 2.50. The normalized spacial score (nSPS) is 11.1. The number of nitrogens with zero attached hydrogens (tertiary/aromatic N) is 1. The molecule has 0 bridgehead atoms. The minimum atomic E-state index is -4.75. The lowest BCUT2D eigenvalue weighted by atomic mass is 10.0. The maximum absolute atomic E-state index is 12.3. The number of amides is 1. The second-order valence-corrected chi connectivity index (χ2v) is 5.69. The van der Waals surface area contributed by atoms with Crippen molar-refractivity contribution in [2.24, 2.45) is 0 Å². The molecule has 0 radical (unpaired) electrons. The Morgan fingerprint density at radius 3 is 2.30 bits per heavy atom. The van der Waals surface area contributed by atoms with Crippen LogP contribution in [0.1, 0.15) is 15.9 Å². The van der Waals surface area contributed by atoms with Crippen LogP contribution in [0.2, 0.25) is 0 Å². The van der Waals surface area contributed by atoms with E-state index in [1.807, 2.05) is 24.3 Å². The zero-order valence-electron chi connectivity index (χ0n) is 14.0. The summed E-state index contributed by atoms with van der Waals surface area (Å²) in [5.74, 6) is -0.644. The van der Waals surface area contributed by atoms with Crippen molar-refractivity contribution in [3.05, 3.63) is 84.2 Å². The number of ether oxygens (including phenoxy) is 1. The molecule has 2 aromatic carbocycles. The molecule has 3 aromatic rings. The SMILES string of the molecule is O=C(NCc1cccc(OC(F)(F)F)c1)c1ccc(-c2ccncc2)cc1. The van der Waals surface area contributed by atoms with Crippen LogP contribution in [0.4, 0.5) is 13.2 Å². The van der Waals surface area contributed by atoms with Gasteiger partial charge in [0.15, 0.2) is 0 Å². The van der Waals surface area contributed by atoms with Crippen LogP contribution in [-0.4, -0.2) is 17.3 Å². The minimum absolute atomic E-state index is 0.0833. The molecule has 27 heavy (non-hydrogen) atoms. The van der Waals surface area contributed by atoms with Crippen molar-refractivity contribution in [3.8, 4) is 16.9 Å². The van der Waals surface area contributed by atoms with Gasteiger partial charge >= 0.3 is 6.36 Å². The van der Waals surface area contributed by atoms with E-state index in [9.17, 15) is 18.0 Å². The summed E-state index contributed by atoms with van der Waals surface area (Å²) < 4.78 is 40.7. The smallest absolute Gasteiger partial charge is 0.406 e. The summed E-state index contributed by atoms with van der Waals surface area (Å²) in [6.07, 6.45) is -1.38. The van der Waals surface area contributed by atoms with E-state index in [0.717, 1.165) is 11.1 Å². The third-order valence-electron chi connectivity index (χ3n) is 3.75. The molecule has 0 aliphatic heterocycles. The van der Waals surface area contributed by atoms with E-state index < -0.39 is 6.36 Å². The Hall–Kier alpha value is -3.35. The zero-order chi connectivity index (χ0) is 19.3. The molecule has 0 atom stereocenters. The van der Waals surface area contributed by atoms with Crippen LogP contribution in [0.15, 0.2) is 73.1 Å². The van der Waals surface area contributed by atoms with Crippen molar-refractivity contribution in [1.29, 1.82) is 0 Å². The summed E-state index contributed by atoms with van der Waals surface area (Å²) in [4.78, 5) is 16.2. The van der Waals surface area contributed by atoms with Gasteiger partial charge in [-0.1, -0.05) is 24.3 Å². The predicted octanol–water partition coefficient (Wildman–Crippen LogP) is 4.58. The highest BCUT2D eigenvalue weighted by Crippen LogP contribution is 2.23. The standard InChI is InChI=1S/C20H15F3N2O2/c21-20(22,23)27-18-3-1-2-14(12-18)13-25-19(26)17-6-4-15(5-7-17)16-8-10-24-11-9-16/h1-12H,13H2,(H,25,26). The highest BCUT2D eigenvalue weighted by Gasteiger charge is 2.31. The van der Waals surface area contributed by atoms with Crippen LogP contribution in [0.25, 0.3) is 11.1 Å². The Balaban J connectivity index is 1.62. The first kappa shape index (κ1) is 18.4. The number of carbonyl (C=O) groups is 1. The molecular formula is C20H15F3N2O2. The molecule has 0 fully saturated rings. The van der Waals surface area contributed by atoms with Crippen LogP contribution in [0, 0.1) is 0 Å². The molecule has 3 rings (SSSR count). The van der Waals surface area contributed by atoms with E-state index in [2.05, 4.69) is 15.0 Å². The fraction of sp³-hybridized carbons (Fsp3) is 0.100. The number of benzene rings is 2. The van der Waals surface area contributed by atoms with Gasteiger partial charge in [-0.2, -0.15) is 0 Å². The van der Waals surface area contributed by atoms with Crippen molar-refractivity contribution in [2.45, 2.75) is 12.9 Å². The largest absolute Gasteiger partial charge is 0.573 e. The van der Waals surface area contributed by atoms with Gasteiger partial charge in [0, 0.05) is 24.5 Å². The Bertz CT molecular complexity index is 911. The zero-order valence-corrected chi connectivity index (χ0v) is 14.0. The van der Waals surface area contributed by atoms with Gasteiger partial charge in [0.25, 0.3) is 5.91 Å². The van der Waals surface area contributed by atoms with Crippen molar-refractivity contribution < 1.29 is 22.7 Å². The molecule has 0 saturated carbocycles. The van der Waals surface area contributed by atoms with Crippen molar-refractivity contribution in [1.82, 2.24) is 10.3 Å². The lowest BCUT2D eigenvalue weighted by Crippen LogP contribution is -2.23. The van der Waals surface area contributed by atoms with E-state index in [4.69, 9.17) is 0 Å². The van der Waals surface area contributed by atoms with Gasteiger partial charge in [0.1, 0.15) is 5.75 Å². The molecule has 0 aliphatic rings. The summed E-state index contributed by atoms with van der Waals surface area (Å²) in [6, 6.07) is 16.2. The van der Waals surface area contributed by atoms with Crippen molar-refractivity contribution >= 4 is 5.91 Å². The Kier molecular flexibility index (Phi) is 5.40. The monoisotopic (exact) mass is 372 g/mol. The molecule has 1 N–H and O–H groups in total. The summed E-state index contributed by atoms with van der Waals surface area (Å²) in [5.41, 5.74) is 2.89. The average Bonchev–Trinajstić information content (AvgIpc) is 2.66. The van der Waals surface area contributed by atoms with Gasteiger partial charge in [0.05, 0.1) is 0 Å². The maximum atomic E-state index is 12.3. The second kappa shape index (κ2) is 7.90. The van der Waals surface area contributed by atoms with Crippen LogP contribution in [0.3, 0.4) is 0 Å². The van der Waals surface area contributed by atoms with E-state index in [1.54, 1.807) is 30.6 Å². The number of alkyl halides is 3. The van der Waals surface area contributed by atoms with Gasteiger partial charge in [-0.05, 0) is 53.1 Å². The van der Waals surface area contributed by atoms with E-state index in [0.29, 0.717) is 11.1 Å². The third kappa shape index (κ3) is 5.31. The molecule has 0 aliphatic carbocycles. The molecular weight excluding hydrogens is 357 g/mol. The Morgan fingerprint density at radius 1 is 0.963 bits per heavy atom. The van der Waals surface area contributed by atoms with Gasteiger partial charge in [-0.25, -0.2) is 0 Å². The molecule has 0 spiro atoms. The first-order valence-electron chi connectivity index (χ1n) is 8.04. The number of aromatic nitrogens is 1. The maximum Gasteiger partial charge on any atom is 0.573 e. The molecule has 1 aromatic heterocycles. The number of halogens is 3. The lowest BCUT2D eigenvalue weighted by molar-refractivity contribution is -0.274. The first-order valence-corrected chi connectivity index (χ1v) is 8.04. The number of nitrogens with one attached hydrogen (secondary N) is 1. The summed E-state index contributed by atoms with van der Waals surface area (Å²) in [7, 11) is 0. The molecule has 138 valence electrons. The van der Waals surface area contributed by atoms with E-state index in [-0.39, 0.29) is 18.2 Å². The second-order valence-electron chi connectivity index (χ2n) is 5.69. The summed E-state index contributed by atoms with van der Waals surface area (Å²) >= 11 is 0. The fourth-order valence-electron chi connectivity index (χ4n) is 2.50. The number of hydrogen-bond acceptors (Lipinski definition) is 3. The van der Waals surface area contributed by atoms with Crippen LogP contribution < -0.4 is 10.1 Å². The number of rotatable bonds is 5. The highest BCUT2D eigenvalue weighted by molar-refractivity contribution is 5.94. The Morgan fingerprint density at radius 2 is 1.63 bits per heavy atom. The van der Waals surface area contributed by atoms with Gasteiger partial charge in [0.2, 0.25) is 0 Å². The minimum Gasteiger partial charge on any atom is -0.406 e. The van der Waals surface area contributed by atoms with E-state index in [1.165, 1.54) is 18.2 Å². The van der Waals surface area contributed by atoms with Gasteiger partial charge < -0.3 is 10.1 Å². The van der Waals surface area contributed by atoms with Crippen LogP contribution >= 0.6 is 0 Å². The predicted molar refractivity (Wildman–Crippen MR) is 94.0 cm³/mol. The van der Waals surface area contributed by atoms with Crippen molar-refractivity contribution in [3.63, 3.8) is 0 Å². The Labute approximate surface area is 153 Å². The summed E-state index contributed by atoms with van der Waals surface area (Å²) in [6.45, 7) is 0.0833. The quantitative estimate of drug-likeness (QED) is 0.713. The topological polar surface area (TPSA) is 51.2 Å². The van der Waals surface area contributed by atoms with Crippen molar-refractivity contribution in [2.75, 3.05) is 0 Å². The molecule has 7 heteroatoms. The molecule has 4 nitrogen and oxygen atoms in total. The third-order valence-corrected chi connectivity index (χ3v) is 3.75. The van der Waals surface area contributed by atoms with Crippen LogP contribution in [0.5, 0.6) is 5.75 Å². The van der Waals surface area contributed by atoms with Crippen LogP contribution in [-0.2, 0) is 6.54 Å². The average molecular weight is 372 g/mol. The molecule has 1 amide bonds. The molecule has 0 unspecified atom stereocenters. The lowest BCUT2D eigenvalue weighted by Gasteiger charge is -2.11. The number of pyridine rings is 1. The first-order chi connectivity index (χ1) is 12.9. The number of hydrogen-bond donors (Lipinski definition) is 1. The molecule has 0 saturated heterocycles. The van der Waals surface area contributed by atoms with E-state index >= 15 is 0 Å². The molecule has 1 heterocycles. The van der Waals surface area contributed by atoms with Gasteiger partial charge in [-0.3, -0.25) is 9.78 Å².